The first kappa shape index (κ1) is 13.5. The van der Waals surface area contributed by atoms with Crippen molar-refractivity contribution in [2.24, 2.45) is 0 Å². The molecule has 1 fully saturated rings. The molecule has 98 valence electrons. The molecule has 0 radical (unpaired) electrons. The average molecular weight is 315 g/mol. The van der Waals surface area contributed by atoms with Crippen molar-refractivity contribution in [2.75, 3.05) is 19.6 Å². The maximum atomic E-state index is 13.1. The number of piperazine rings is 1. The van der Waals surface area contributed by atoms with E-state index in [-0.39, 0.29) is 17.3 Å². The molecule has 5 heteroatoms. The van der Waals surface area contributed by atoms with E-state index < -0.39 is 0 Å². The van der Waals surface area contributed by atoms with Crippen LogP contribution in [0, 0.1) is 5.82 Å². The van der Waals surface area contributed by atoms with Gasteiger partial charge >= 0.3 is 0 Å². The van der Waals surface area contributed by atoms with Gasteiger partial charge in [0.05, 0.1) is 4.47 Å². The molecular formula is C13H16BrFN2O. The molecule has 0 unspecified atom stereocenters. The fourth-order valence-electron chi connectivity index (χ4n) is 2.13. The van der Waals surface area contributed by atoms with Crippen LogP contribution in [-0.4, -0.2) is 36.0 Å². The van der Waals surface area contributed by atoms with Crippen LogP contribution in [0.15, 0.2) is 22.7 Å². The van der Waals surface area contributed by atoms with Crippen LogP contribution in [0.2, 0.25) is 0 Å². The van der Waals surface area contributed by atoms with E-state index in [1.165, 1.54) is 18.2 Å². The van der Waals surface area contributed by atoms with E-state index in [9.17, 15) is 9.18 Å². The van der Waals surface area contributed by atoms with Crippen LogP contribution < -0.4 is 5.32 Å². The molecule has 0 aromatic heterocycles. The minimum Gasteiger partial charge on any atom is -0.336 e. The highest BCUT2D eigenvalue weighted by molar-refractivity contribution is 9.10. The monoisotopic (exact) mass is 314 g/mol. The van der Waals surface area contributed by atoms with Gasteiger partial charge in [0.15, 0.2) is 0 Å². The van der Waals surface area contributed by atoms with Crippen LogP contribution in [0.1, 0.15) is 24.2 Å². The molecule has 0 saturated carbocycles. The van der Waals surface area contributed by atoms with E-state index in [0.717, 1.165) is 6.54 Å². The van der Waals surface area contributed by atoms with E-state index in [4.69, 9.17) is 0 Å². The smallest absolute Gasteiger partial charge is 0.254 e. The van der Waals surface area contributed by atoms with Crippen molar-refractivity contribution in [1.82, 2.24) is 10.2 Å². The molecule has 1 N–H and O–H groups in total. The summed E-state index contributed by atoms with van der Waals surface area (Å²) in [4.78, 5) is 14.1. The second-order valence-electron chi connectivity index (χ2n) is 5.17. The van der Waals surface area contributed by atoms with E-state index in [2.05, 4.69) is 35.1 Å². The van der Waals surface area contributed by atoms with Crippen molar-refractivity contribution in [3.63, 3.8) is 0 Å². The fourth-order valence-corrected chi connectivity index (χ4v) is 2.51. The number of rotatable bonds is 1. The van der Waals surface area contributed by atoms with Gasteiger partial charge in [-0.05, 0) is 48.0 Å². The average Bonchev–Trinajstić information content (AvgIpc) is 2.30. The summed E-state index contributed by atoms with van der Waals surface area (Å²) in [6.45, 7) is 6.24. The largest absolute Gasteiger partial charge is 0.336 e. The van der Waals surface area contributed by atoms with E-state index in [1.54, 1.807) is 4.90 Å². The summed E-state index contributed by atoms with van der Waals surface area (Å²) in [7, 11) is 0. The van der Waals surface area contributed by atoms with Crippen LogP contribution in [0.25, 0.3) is 0 Å². The number of nitrogens with zero attached hydrogens (tertiary/aromatic N) is 1. The summed E-state index contributed by atoms with van der Waals surface area (Å²) in [6.07, 6.45) is 0. The molecule has 1 amide bonds. The third-order valence-corrected chi connectivity index (χ3v) is 3.63. The maximum Gasteiger partial charge on any atom is 0.254 e. The number of amides is 1. The van der Waals surface area contributed by atoms with Gasteiger partial charge < -0.3 is 10.2 Å². The highest BCUT2D eigenvalue weighted by Crippen LogP contribution is 2.19. The number of nitrogens with one attached hydrogen (secondary N) is 1. The maximum absolute atomic E-state index is 13.1. The Bertz CT molecular complexity index is 476. The van der Waals surface area contributed by atoms with Crippen LogP contribution in [-0.2, 0) is 0 Å². The molecule has 0 spiro atoms. The molecule has 1 aliphatic heterocycles. The zero-order valence-electron chi connectivity index (χ0n) is 10.5. The van der Waals surface area contributed by atoms with Crippen molar-refractivity contribution in [2.45, 2.75) is 19.4 Å². The predicted octanol–water partition coefficient (Wildman–Crippen LogP) is 2.41. The van der Waals surface area contributed by atoms with Crippen LogP contribution in [0.3, 0.4) is 0 Å². The highest BCUT2D eigenvalue weighted by Gasteiger charge is 2.29. The molecule has 2 rings (SSSR count). The predicted molar refractivity (Wildman–Crippen MR) is 72.1 cm³/mol. The summed E-state index contributed by atoms with van der Waals surface area (Å²) >= 11 is 3.10. The fraction of sp³-hybridized carbons (Fsp3) is 0.462. The molecule has 1 aliphatic rings. The van der Waals surface area contributed by atoms with E-state index >= 15 is 0 Å². The second-order valence-corrected chi connectivity index (χ2v) is 6.02. The second kappa shape index (κ2) is 4.97. The molecule has 1 heterocycles. The van der Waals surface area contributed by atoms with Crippen LogP contribution in [0.4, 0.5) is 4.39 Å². The number of benzene rings is 1. The Balaban J connectivity index is 2.18. The number of carbonyl (C=O) groups is 1. The third kappa shape index (κ3) is 2.90. The Labute approximate surface area is 114 Å². The summed E-state index contributed by atoms with van der Waals surface area (Å²) in [6, 6.07) is 4.37. The summed E-state index contributed by atoms with van der Waals surface area (Å²) in [5, 5.41) is 3.35. The lowest BCUT2D eigenvalue weighted by molar-refractivity contribution is 0.0652. The van der Waals surface area contributed by atoms with Gasteiger partial charge in [-0.1, -0.05) is 0 Å². The zero-order chi connectivity index (χ0) is 13.3. The summed E-state index contributed by atoms with van der Waals surface area (Å²) < 4.78 is 13.5. The standard InChI is InChI=1S/C13H16BrFN2O/c1-13(2)8-17(6-5-16-13)12(18)9-3-4-11(15)10(14)7-9/h3-4,7,16H,5-6,8H2,1-2H3. The first-order valence-electron chi connectivity index (χ1n) is 5.88. The molecule has 1 saturated heterocycles. The Morgan fingerprint density at radius 1 is 1.50 bits per heavy atom. The molecule has 18 heavy (non-hydrogen) atoms. The van der Waals surface area contributed by atoms with Gasteiger partial charge in [0.1, 0.15) is 5.82 Å². The van der Waals surface area contributed by atoms with Gasteiger partial charge in [0.25, 0.3) is 5.91 Å². The Morgan fingerprint density at radius 3 is 2.83 bits per heavy atom. The molecular weight excluding hydrogens is 299 g/mol. The first-order valence-corrected chi connectivity index (χ1v) is 6.68. The Morgan fingerprint density at radius 2 is 2.22 bits per heavy atom. The van der Waals surface area contributed by atoms with Crippen molar-refractivity contribution in [3.05, 3.63) is 34.1 Å². The van der Waals surface area contributed by atoms with Crippen LogP contribution in [0.5, 0.6) is 0 Å². The zero-order valence-corrected chi connectivity index (χ0v) is 12.1. The number of hydrogen-bond donors (Lipinski definition) is 1. The van der Waals surface area contributed by atoms with Crippen molar-refractivity contribution in [1.29, 1.82) is 0 Å². The first-order chi connectivity index (χ1) is 8.39. The van der Waals surface area contributed by atoms with Crippen molar-refractivity contribution in [3.8, 4) is 0 Å². The topological polar surface area (TPSA) is 32.3 Å². The summed E-state index contributed by atoms with van der Waals surface area (Å²) in [5.41, 5.74) is 0.437. The van der Waals surface area contributed by atoms with Crippen LogP contribution >= 0.6 is 15.9 Å². The van der Waals surface area contributed by atoms with Gasteiger partial charge in [-0.2, -0.15) is 0 Å². The minimum atomic E-state index is -0.354. The third-order valence-electron chi connectivity index (χ3n) is 3.03. The normalized spacial score (nSPS) is 18.8. The minimum absolute atomic E-state index is 0.0507. The molecule has 3 nitrogen and oxygen atoms in total. The van der Waals surface area contributed by atoms with Gasteiger partial charge in [0, 0.05) is 30.7 Å². The molecule has 1 aromatic carbocycles. The molecule has 1 aromatic rings. The van der Waals surface area contributed by atoms with E-state index in [0.29, 0.717) is 23.1 Å². The highest BCUT2D eigenvalue weighted by atomic mass is 79.9. The van der Waals surface area contributed by atoms with Gasteiger partial charge in [-0.25, -0.2) is 4.39 Å². The lowest BCUT2D eigenvalue weighted by Gasteiger charge is -2.39. The van der Waals surface area contributed by atoms with Crippen molar-refractivity contribution >= 4 is 21.8 Å². The van der Waals surface area contributed by atoms with Gasteiger partial charge in [0.2, 0.25) is 0 Å². The lowest BCUT2D eigenvalue weighted by atomic mass is 10.0. The molecule has 0 bridgehead atoms. The number of carbonyl (C=O) groups excluding carboxylic acids is 1. The van der Waals surface area contributed by atoms with Gasteiger partial charge in [-0.3, -0.25) is 4.79 Å². The number of halogens is 2. The number of hydrogen-bond acceptors (Lipinski definition) is 2. The van der Waals surface area contributed by atoms with E-state index in [1.807, 2.05) is 0 Å². The van der Waals surface area contributed by atoms with Gasteiger partial charge in [-0.15, -0.1) is 0 Å². The lowest BCUT2D eigenvalue weighted by Crippen LogP contribution is -2.58. The molecule has 0 atom stereocenters. The Hall–Kier alpha value is -0.940. The summed E-state index contributed by atoms with van der Waals surface area (Å²) in [5.74, 6) is -0.405. The SMILES string of the molecule is CC1(C)CN(C(=O)c2ccc(F)c(Br)c2)CCN1. The quantitative estimate of drug-likeness (QED) is 0.863. The Kier molecular flexibility index (Phi) is 3.73. The molecule has 0 aliphatic carbocycles. The van der Waals surface area contributed by atoms with Crippen molar-refractivity contribution < 1.29 is 9.18 Å².